The van der Waals surface area contributed by atoms with E-state index in [0.717, 1.165) is 12.8 Å². The molecule has 2 heteroatoms. The Morgan fingerprint density at radius 1 is 1.40 bits per heavy atom. The number of esters is 1. The summed E-state index contributed by atoms with van der Waals surface area (Å²) in [5.74, 6) is -0.185. The minimum absolute atomic E-state index is 0.0769. The van der Waals surface area contributed by atoms with Crippen molar-refractivity contribution in [1.29, 1.82) is 0 Å². The van der Waals surface area contributed by atoms with Crippen LogP contribution in [0.4, 0.5) is 0 Å². The largest absolute Gasteiger partial charge is 0.435 e. The van der Waals surface area contributed by atoms with Gasteiger partial charge in [-0.15, -0.1) is 0 Å². The number of rotatable bonds is 6. The Morgan fingerprint density at radius 2 is 2.07 bits per heavy atom. The van der Waals surface area contributed by atoms with Gasteiger partial charge in [0.05, 0.1) is 6.26 Å². The van der Waals surface area contributed by atoms with Gasteiger partial charge >= 0.3 is 5.97 Å². The molecule has 0 saturated carbocycles. The Balaban J connectivity index is 3.95. The molecule has 0 amide bonds. The fourth-order valence-corrected chi connectivity index (χ4v) is 1.08. The molecule has 0 aliphatic carbocycles. The maximum Gasteiger partial charge on any atom is 0.310 e. The maximum atomic E-state index is 10.9. The van der Waals surface area contributed by atoms with E-state index >= 15 is 0 Å². The van der Waals surface area contributed by atoms with E-state index in [1.54, 1.807) is 6.92 Å². The zero-order valence-electron chi connectivity index (χ0n) is 10.2. The molecule has 0 fully saturated rings. The molecule has 0 aromatic rings. The van der Waals surface area contributed by atoms with Crippen LogP contribution in [0.5, 0.6) is 0 Å². The summed E-state index contributed by atoms with van der Waals surface area (Å²) in [6, 6.07) is 0. The molecule has 0 aromatic heterocycles. The molecule has 15 heavy (non-hydrogen) atoms. The van der Waals surface area contributed by atoms with Gasteiger partial charge in [-0.3, -0.25) is 4.79 Å². The van der Waals surface area contributed by atoms with Crippen molar-refractivity contribution in [2.24, 2.45) is 5.41 Å². The summed E-state index contributed by atoms with van der Waals surface area (Å²) in [7, 11) is 0. The van der Waals surface area contributed by atoms with Gasteiger partial charge in [0.15, 0.2) is 0 Å². The summed E-state index contributed by atoms with van der Waals surface area (Å²) in [5, 5.41) is 0. The van der Waals surface area contributed by atoms with E-state index in [0.29, 0.717) is 6.42 Å². The highest BCUT2D eigenvalue weighted by atomic mass is 16.5. The summed E-state index contributed by atoms with van der Waals surface area (Å²) < 4.78 is 4.90. The van der Waals surface area contributed by atoms with Crippen molar-refractivity contribution >= 4 is 5.97 Å². The topological polar surface area (TPSA) is 26.3 Å². The lowest BCUT2D eigenvalue weighted by Gasteiger charge is -2.18. The predicted octanol–water partition coefficient (Wildman–Crippen LogP) is 3.84. The summed E-state index contributed by atoms with van der Waals surface area (Å²) in [4.78, 5) is 10.9. The first-order valence-electron chi connectivity index (χ1n) is 5.50. The Hall–Kier alpha value is -1.05. The lowest BCUT2D eigenvalue weighted by Crippen LogP contribution is -2.07. The van der Waals surface area contributed by atoms with Gasteiger partial charge in [0.2, 0.25) is 0 Å². The maximum absolute atomic E-state index is 10.9. The smallest absolute Gasteiger partial charge is 0.310 e. The molecule has 0 unspecified atom stereocenters. The molecule has 0 aliphatic rings. The molecule has 0 aromatic carbocycles. The van der Waals surface area contributed by atoms with Crippen LogP contribution < -0.4 is 0 Å². The van der Waals surface area contributed by atoms with Crippen LogP contribution in [0, 0.1) is 5.41 Å². The van der Waals surface area contributed by atoms with Crippen LogP contribution in [0.25, 0.3) is 0 Å². The SMILES string of the molecule is C/C=C/CCC(C)(C)/C=C/OC(=O)CC. The van der Waals surface area contributed by atoms with Gasteiger partial charge in [-0.1, -0.05) is 32.9 Å². The molecule has 86 valence electrons. The molecule has 2 nitrogen and oxygen atoms in total. The highest BCUT2D eigenvalue weighted by Gasteiger charge is 2.12. The van der Waals surface area contributed by atoms with Crippen molar-refractivity contribution in [3.8, 4) is 0 Å². The van der Waals surface area contributed by atoms with Crippen LogP contribution in [-0.4, -0.2) is 5.97 Å². The van der Waals surface area contributed by atoms with E-state index < -0.39 is 0 Å². The lowest BCUT2D eigenvalue weighted by molar-refractivity contribution is -0.137. The van der Waals surface area contributed by atoms with E-state index in [-0.39, 0.29) is 11.4 Å². The second-order valence-electron chi connectivity index (χ2n) is 4.24. The molecule has 0 aliphatic heterocycles. The molecular weight excluding hydrogens is 188 g/mol. The fourth-order valence-electron chi connectivity index (χ4n) is 1.08. The first kappa shape index (κ1) is 13.9. The summed E-state index contributed by atoms with van der Waals surface area (Å²) in [5.41, 5.74) is 0.0769. The molecule has 0 saturated heterocycles. The lowest BCUT2D eigenvalue weighted by atomic mass is 9.88. The van der Waals surface area contributed by atoms with Crippen molar-refractivity contribution in [1.82, 2.24) is 0 Å². The van der Waals surface area contributed by atoms with Crippen molar-refractivity contribution in [2.75, 3.05) is 0 Å². The summed E-state index contributed by atoms with van der Waals surface area (Å²) >= 11 is 0. The van der Waals surface area contributed by atoms with Crippen molar-refractivity contribution in [3.05, 3.63) is 24.5 Å². The third kappa shape index (κ3) is 7.98. The molecule has 0 spiro atoms. The first-order valence-corrected chi connectivity index (χ1v) is 5.50. The van der Waals surface area contributed by atoms with Crippen LogP contribution in [0.3, 0.4) is 0 Å². The molecule has 0 heterocycles. The van der Waals surface area contributed by atoms with Crippen LogP contribution >= 0.6 is 0 Å². The highest BCUT2D eigenvalue weighted by Crippen LogP contribution is 2.24. The highest BCUT2D eigenvalue weighted by molar-refractivity contribution is 5.69. The fraction of sp³-hybridized carbons (Fsp3) is 0.615. The molecule has 0 radical (unpaired) electrons. The van der Waals surface area contributed by atoms with Crippen molar-refractivity contribution in [2.45, 2.75) is 47.0 Å². The van der Waals surface area contributed by atoms with Crippen LogP contribution in [0.1, 0.15) is 47.0 Å². The number of hydrogen-bond acceptors (Lipinski definition) is 2. The third-order valence-corrected chi connectivity index (χ3v) is 2.20. The van der Waals surface area contributed by atoms with Crippen molar-refractivity contribution < 1.29 is 9.53 Å². The molecular formula is C13H22O2. The van der Waals surface area contributed by atoms with Crippen LogP contribution in [0.15, 0.2) is 24.5 Å². The average molecular weight is 210 g/mol. The second kappa shape index (κ2) is 7.27. The third-order valence-electron chi connectivity index (χ3n) is 2.20. The Morgan fingerprint density at radius 3 is 2.60 bits per heavy atom. The minimum atomic E-state index is -0.185. The standard InChI is InChI=1S/C13H22O2/c1-5-7-8-9-13(3,4)10-11-15-12(14)6-2/h5,7,10-11H,6,8-9H2,1-4H3/b7-5+,11-10+. The summed E-state index contributed by atoms with van der Waals surface area (Å²) in [6.45, 7) is 8.07. The van der Waals surface area contributed by atoms with E-state index in [1.807, 2.05) is 13.0 Å². The Kier molecular flexibility index (Phi) is 6.76. The van der Waals surface area contributed by atoms with Gasteiger partial charge in [-0.2, -0.15) is 0 Å². The minimum Gasteiger partial charge on any atom is -0.435 e. The normalized spacial score (nSPS) is 12.5. The van der Waals surface area contributed by atoms with Crippen LogP contribution in [0.2, 0.25) is 0 Å². The van der Waals surface area contributed by atoms with E-state index in [9.17, 15) is 4.79 Å². The van der Waals surface area contributed by atoms with E-state index in [1.165, 1.54) is 6.26 Å². The Labute approximate surface area is 93.0 Å². The van der Waals surface area contributed by atoms with E-state index in [2.05, 4.69) is 26.0 Å². The Bertz CT molecular complexity index is 237. The number of hydrogen-bond donors (Lipinski definition) is 0. The second-order valence-corrected chi connectivity index (χ2v) is 4.24. The summed E-state index contributed by atoms with van der Waals surface area (Å²) in [6.07, 6.45) is 10.2. The molecule has 0 rings (SSSR count). The monoisotopic (exact) mass is 210 g/mol. The first-order chi connectivity index (χ1) is 7.02. The van der Waals surface area contributed by atoms with Gasteiger partial charge < -0.3 is 4.74 Å². The van der Waals surface area contributed by atoms with Gasteiger partial charge in [0, 0.05) is 6.42 Å². The average Bonchev–Trinajstić information content (AvgIpc) is 2.17. The number of ether oxygens (including phenoxy) is 1. The molecule has 0 N–H and O–H groups in total. The zero-order valence-corrected chi connectivity index (χ0v) is 10.2. The number of carbonyl (C=O) groups excluding carboxylic acids is 1. The van der Waals surface area contributed by atoms with Gasteiger partial charge in [-0.05, 0) is 31.3 Å². The van der Waals surface area contributed by atoms with Gasteiger partial charge in [0.25, 0.3) is 0 Å². The van der Waals surface area contributed by atoms with Crippen molar-refractivity contribution in [3.63, 3.8) is 0 Å². The quantitative estimate of drug-likeness (QED) is 0.378. The van der Waals surface area contributed by atoms with Crippen LogP contribution in [-0.2, 0) is 9.53 Å². The molecule has 0 bridgehead atoms. The number of allylic oxidation sites excluding steroid dienone is 3. The van der Waals surface area contributed by atoms with E-state index in [4.69, 9.17) is 4.74 Å². The van der Waals surface area contributed by atoms with Gasteiger partial charge in [0.1, 0.15) is 0 Å². The molecule has 0 atom stereocenters. The number of carbonyl (C=O) groups is 1. The predicted molar refractivity (Wildman–Crippen MR) is 63.4 cm³/mol. The van der Waals surface area contributed by atoms with Gasteiger partial charge in [-0.25, -0.2) is 0 Å². The zero-order chi connectivity index (χ0) is 11.7.